The molecule has 0 saturated carbocycles. The summed E-state index contributed by atoms with van der Waals surface area (Å²) in [5.41, 5.74) is -0.866. The topological polar surface area (TPSA) is 206 Å². The van der Waals surface area contributed by atoms with Gasteiger partial charge in [-0.3, -0.25) is 19.2 Å². The minimum absolute atomic E-state index is 0.131. The van der Waals surface area contributed by atoms with Crippen molar-refractivity contribution in [3.63, 3.8) is 0 Å². The second kappa shape index (κ2) is 29.1. The average molecular weight is 1240 g/mol. The molecule has 2 aromatic carbocycles. The maximum Gasteiger partial charge on any atom is 0.410 e. The summed E-state index contributed by atoms with van der Waals surface area (Å²) in [5, 5.41) is 5.17. The molecule has 0 aliphatic carbocycles. The predicted molar refractivity (Wildman–Crippen MR) is 339 cm³/mol. The van der Waals surface area contributed by atoms with E-state index in [0.717, 1.165) is 27.1 Å². The van der Waals surface area contributed by atoms with Crippen LogP contribution in [0.3, 0.4) is 0 Å². The van der Waals surface area contributed by atoms with Crippen LogP contribution in [0.25, 0.3) is 0 Å². The quantitative estimate of drug-likeness (QED) is 0.0635. The SMILES string of the molecule is CC(C)(C)OC(=O)[C@@H](Cc1cccc(OCCNC(=O)C(Cc2cc(C[C@H](C(=O)OC(C)(C)C)[C@H]3CCN(C(=O)OC(C)(C)C)C3)cs2)c2cccc(C[C@H](C(=O)OC(C)(C)C)[C@H]3CCN(C(=O)OC(C)(C)C)C3)c2)c1)[C@H]1CCN(C(=O)OC(C)(C)C)C1. The van der Waals surface area contributed by atoms with E-state index in [1.165, 1.54) is 11.3 Å². The van der Waals surface area contributed by atoms with Gasteiger partial charge in [0.15, 0.2) is 0 Å². The molecular weight excluding hydrogens is 1140 g/mol. The Bertz CT molecular complexity index is 2900. The highest BCUT2D eigenvalue weighted by Gasteiger charge is 2.43. The first-order valence-electron chi connectivity index (χ1n) is 31.4. The van der Waals surface area contributed by atoms with E-state index in [2.05, 4.69) is 11.4 Å². The Morgan fingerprint density at radius 2 is 0.852 bits per heavy atom. The third-order valence-electron chi connectivity index (χ3n) is 15.2. The number of ether oxygens (including phenoxy) is 7. The van der Waals surface area contributed by atoms with Gasteiger partial charge in [-0.1, -0.05) is 36.4 Å². The van der Waals surface area contributed by atoms with E-state index in [1.807, 2.05) is 179 Å². The minimum Gasteiger partial charge on any atom is -0.492 e. The molecule has 3 saturated heterocycles. The zero-order chi connectivity index (χ0) is 65.3. The molecule has 0 radical (unpaired) electrons. The van der Waals surface area contributed by atoms with Crippen molar-refractivity contribution in [1.82, 2.24) is 20.0 Å². The summed E-state index contributed by atoms with van der Waals surface area (Å²) < 4.78 is 41.3. The van der Waals surface area contributed by atoms with Crippen LogP contribution < -0.4 is 10.1 Å². The lowest BCUT2D eigenvalue weighted by molar-refractivity contribution is -0.163. The molecule has 18 nitrogen and oxygen atoms in total. The van der Waals surface area contributed by atoms with Crippen LogP contribution in [-0.4, -0.2) is 143 Å². The molecule has 0 spiro atoms. The number of amides is 4. The molecule has 3 fully saturated rings. The van der Waals surface area contributed by atoms with Gasteiger partial charge in [0, 0.05) is 44.1 Å². The first kappa shape index (κ1) is 70.7. The molecule has 88 heavy (non-hydrogen) atoms. The number of nitrogens with one attached hydrogen (secondary N) is 1. The van der Waals surface area contributed by atoms with E-state index in [-0.39, 0.29) is 54.7 Å². The molecule has 4 heterocycles. The van der Waals surface area contributed by atoms with Crippen LogP contribution in [0, 0.1) is 35.5 Å². The monoisotopic (exact) mass is 1240 g/mol. The first-order valence-corrected chi connectivity index (χ1v) is 32.3. The van der Waals surface area contributed by atoms with Crippen LogP contribution in [0.1, 0.15) is 177 Å². The Balaban J connectivity index is 1.23. The number of carbonyl (C=O) groups is 7. The highest BCUT2D eigenvalue weighted by molar-refractivity contribution is 7.10. The lowest BCUT2D eigenvalue weighted by atomic mass is 9.84. The number of likely N-dealkylation sites (tertiary alicyclic amines) is 3. The summed E-state index contributed by atoms with van der Waals surface area (Å²) in [6, 6.07) is 17.3. The fraction of sp³-hybridized carbons (Fsp3) is 0.667. The fourth-order valence-corrected chi connectivity index (χ4v) is 12.4. The van der Waals surface area contributed by atoms with Crippen LogP contribution in [0.2, 0.25) is 0 Å². The van der Waals surface area contributed by atoms with Crippen LogP contribution in [0.4, 0.5) is 14.4 Å². The van der Waals surface area contributed by atoms with E-state index in [0.29, 0.717) is 90.0 Å². The zero-order valence-electron chi connectivity index (χ0n) is 55.9. The van der Waals surface area contributed by atoms with Crippen molar-refractivity contribution in [2.75, 3.05) is 52.4 Å². The summed E-state index contributed by atoms with van der Waals surface area (Å²) in [6.07, 6.45) is 1.92. The number of thiophene rings is 1. The Morgan fingerprint density at radius 1 is 0.477 bits per heavy atom. The molecule has 3 aliphatic heterocycles. The third-order valence-corrected chi connectivity index (χ3v) is 16.2. The van der Waals surface area contributed by atoms with E-state index in [1.54, 1.807) is 14.7 Å². The number of rotatable bonds is 20. The van der Waals surface area contributed by atoms with E-state index >= 15 is 0 Å². The standard InChI is InChI=1S/C69H102N4O14S/c1-64(2,3)82-58(75)54(48-25-29-71(40-48)61(78)85-67(10,11)12)36-44-21-19-23-47(33-44)53(39-52-35-46(43-88-52)38-56(60(77)84-66(7,8)9)50-27-31-73(42-50)63(80)87-69(16,17)18)57(74)70-28-32-81-51-24-20-22-45(34-51)37-55(59(76)83-65(4,5)6)49-26-30-72(41-49)62(79)86-68(13,14)15/h19-24,33-35,43,48-50,53-56H,25-32,36-42H2,1-18H3,(H,70,74)/t48-,49-,50-,53?,54-,55-,56-/m0/s1. The number of hydrogen-bond acceptors (Lipinski definition) is 15. The van der Waals surface area contributed by atoms with E-state index in [4.69, 9.17) is 33.2 Å². The maximum absolute atomic E-state index is 14.9. The largest absolute Gasteiger partial charge is 0.492 e. The summed E-state index contributed by atoms with van der Waals surface area (Å²) in [7, 11) is 0. The smallest absolute Gasteiger partial charge is 0.410 e. The normalized spacial score (nSPS) is 19.1. The third kappa shape index (κ3) is 22.9. The second-order valence-electron chi connectivity index (χ2n) is 30.2. The van der Waals surface area contributed by atoms with Gasteiger partial charge in [-0.15, -0.1) is 11.3 Å². The van der Waals surface area contributed by atoms with Gasteiger partial charge >= 0.3 is 36.2 Å². The Hall–Kier alpha value is -6.37. The molecule has 19 heteroatoms. The summed E-state index contributed by atoms with van der Waals surface area (Å²) in [4.78, 5) is 102. The van der Waals surface area contributed by atoms with Gasteiger partial charge in [0.1, 0.15) is 46.0 Å². The van der Waals surface area contributed by atoms with Crippen LogP contribution in [0.5, 0.6) is 5.75 Å². The average Bonchev–Trinajstić information content (AvgIpc) is 2.76. The van der Waals surface area contributed by atoms with Crippen molar-refractivity contribution in [1.29, 1.82) is 0 Å². The van der Waals surface area contributed by atoms with E-state index < -0.39 is 75.6 Å². The van der Waals surface area contributed by atoms with Crippen LogP contribution >= 0.6 is 11.3 Å². The lowest BCUT2D eigenvalue weighted by Crippen LogP contribution is -2.38. The van der Waals surface area contributed by atoms with Crippen LogP contribution in [0.15, 0.2) is 60.0 Å². The van der Waals surface area contributed by atoms with Gasteiger partial charge < -0.3 is 53.2 Å². The van der Waals surface area contributed by atoms with Gasteiger partial charge in [-0.05, 0) is 233 Å². The molecule has 1 N–H and O–H groups in total. The van der Waals surface area contributed by atoms with Gasteiger partial charge in [0.25, 0.3) is 0 Å². The van der Waals surface area contributed by atoms with Gasteiger partial charge in [-0.25, -0.2) is 14.4 Å². The Morgan fingerprint density at radius 3 is 1.25 bits per heavy atom. The molecule has 1 aromatic heterocycles. The number of benzene rings is 2. The molecule has 3 aromatic rings. The van der Waals surface area contributed by atoms with Crippen molar-refractivity contribution in [3.8, 4) is 5.75 Å². The van der Waals surface area contributed by atoms with Gasteiger partial charge in [0.05, 0.1) is 30.2 Å². The molecule has 3 aliphatic rings. The summed E-state index contributed by atoms with van der Waals surface area (Å²) in [5.74, 6) is -3.62. The van der Waals surface area contributed by atoms with Crippen molar-refractivity contribution < 1.29 is 66.7 Å². The minimum atomic E-state index is -0.755. The summed E-state index contributed by atoms with van der Waals surface area (Å²) >= 11 is 1.51. The molecule has 6 rings (SSSR count). The molecule has 7 atom stereocenters. The fourth-order valence-electron chi connectivity index (χ4n) is 11.4. The van der Waals surface area contributed by atoms with Gasteiger partial charge in [-0.2, -0.15) is 0 Å². The number of esters is 3. The number of carbonyl (C=O) groups excluding carboxylic acids is 7. The Kier molecular flexibility index (Phi) is 23.4. The highest BCUT2D eigenvalue weighted by Crippen LogP contribution is 2.37. The van der Waals surface area contributed by atoms with Gasteiger partial charge in [0.2, 0.25) is 5.91 Å². The van der Waals surface area contributed by atoms with Crippen molar-refractivity contribution >= 4 is 53.4 Å². The first-order chi connectivity index (χ1) is 40.7. The molecule has 488 valence electrons. The predicted octanol–water partition coefficient (Wildman–Crippen LogP) is 12.5. The maximum atomic E-state index is 14.9. The van der Waals surface area contributed by atoms with Crippen molar-refractivity contribution in [2.24, 2.45) is 35.5 Å². The molecular formula is C69H102N4O14S. The molecule has 4 amide bonds. The number of hydrogen-bond donors (Lipinski definition) is 1. The highest BCUT2D eigenvalue weighted by atomic mass is 32.1. The number of nitrogens with zero attached hydrogens (tertiary/aromatic N) is 3. The molecule has 1 unspecified atom stereocenters. The molecule has 0 bridgehead atoms. The van der Waals surface area contributed by atoms with E-state index in [9.17, 15) is 33.6 Å². The van der Waals surface area contributed by atoms with Crippen molar-refractivity contribution in [3.05, 3.63) is 87.1 Å². The zero-order valence-corrected chi connectivity index (χ0v) is 56.7. The van der Waals surface area contributed by atoms with Crippen LogP contribution in [-0.2, 0) is 73.3 Å². The summed E-state index contributed by atoms with van der Waals surface area (Å²) in [6.45, 7) is 35.7. The van der Waals surface area contributed by atoms with Crippen molar-refractivity contribution in [2.45, 2.75) is 209 Å². The second-order valence-corrected chi connectivity index (χ2v) is 31.2. The lowest BCUT2D eigenvalue weighted by Gasteiger charge is -2.28. The Labute approximate surface area is 527 Å².